The Labute approximate surface area is 91.7 Å². The largest absolute Gasteiger partial charge is 1.00 e. The predicted molar refractivity (Wildman–Crippen MR) is 31.8 cm³/mol. The van der Waals surface area contributed by atoms with E-state index in [0.717, 1.165) is 0 Å². The maximum atomic E-state index is 8.74. The van der Waals surface area contributed by atoms with Gasteiger partial charge in [0.15, 0.2) is 0 Å². The Bertz CT molecular complexity index is 104. The Kier molecular flexibility index (Phi) is 24.8. The van der Waals surface area contributed by atoms with Gasteiger partial charge in [-0.3, -0.25) is 9.11 Å². The predicted octanol–water partition coefficient (Wildman–Crippen LogP) is -5.80. The molecule has 0 aromatic rings. The van der Waals surface area contributed by atoms with Crippen molar-refractivity contribution in [1.82, 2.24) is 0 Å². The first-order chi connectivity index (χ1) is 2.00. The number of halogens is 1. The molecule has 0 spiro atoms. The summed E-state index contributed by atoms with van der Waals surface area (Å²) in [7, 11) is -4.67. The third-order valence-corrected chi connectivity index (χ3v) is 0. The summed E-state index contributed by atoms with van der Waals surface area (Å²) in [5, 5.41) is 0. The van der Waals surface area contributed by atoms with Crippen molar-refractivity contribution in [2.24, 2.45) is 0 Å². The van der Waals surface area contributed by atoms with Crippen molar-refractivity contribution in [2.75, 3.05) is 0 Å². The standard InChI is InChI=1S/HI.2Li.H2O4S.2H/c;;;1-5(2,3)4;;/h1H;;;(H2,1,2,3,4);;/q;2*+1;;2*-1. The zero-order chi connectivity index (χ0) is 4.50. The minimum absolute atomic E-state index is 0. The van der Waals surface area contributed by atoms with Crippen LogP contribution in [0.1, 0.15) is 2.85 Å². The molecule has 0 heterocycles. The van der Waals surface area contributed by atoms with Crippen LogP contribution in [0, 0.1) is 0 Å². The molecule has 0 amide bonds. The van der Waals surface area contributed by atoms with Crippen molar-refractivity contribution in [3.8, 4) is 0 Å². The minimum atomic E-state index is -4.67. The van der Waals surface area contributed by atoms with Crippen molar-refractivity contribution in [3.63, 3.8) is 0 Å². The van der Waals surface area contributed by atoms with E-state index in [1.165, 1.54) is 0 Å². The van der Waals surface area contributed by atoms with E-state index in [4.69, 9.17) is 17.5 Å². The fraction of sp³-hybridized carbons (Fsp3) is 0. The van der Waals surface area contributed by atoms with Crippen LogP contribution in [0.3, 0.4) is 0 Å². The van der Waals surface area contributed by atoms with Gasteiger partial charge in [-0.2, -0.15) is 8.42 Å². The summed E-state index contributed by atoms with van der Waals surface area (Å²) < 4.78 is 31.6. The van der Waals surface area contributed by atoms with E-state index in [1.54, 1.807) is 0 Å². The van der Waals surface area contributed by atoms with E-state index in [-0.39, 0.29) is 64.6 Å². The third kappa shape index (κ3) is 112. The molecule has 0 aliphatic heterocycles. The Hall–Kier alpha value is 1.79. The Morgan fingerprint density at radius 1 is 1.12 bits per heavy atom. The molecule has 8 heavy (non-hydrogen) atoms. The average Bonchev–Trinajstić information content (AvgIpc) is 0.722. The van der Waals surface area contributed by atoms with E-state index in [1.807, 2.05) is 0 Å². The van der Waals surface area contributed by atoms with Crippen LogP contribution in [-0.2, 0) is 10.4 Å². The smallest absolute Gasteiger partial charge is 1.00 e. The van der Waals surface area contributed by atoms with E-state index in [9.17, 15) is 0 Å². The summed E-state index contributed by atoms with van der Waals surface area (Å²) in [5.74, 6) is 0. The minimum Gasteiger partial charge on any atom is -1.00 e. The van der Waals surface area contributed by atoms with Crippen LogP contribution < -0.4 is 37.7 Å². The molecule has 44 valence electrons. The summed E-state index contributed by atoms with van der Waals surface area (Å²) in [6.07, 6.45) is 0. The van der Waals surface area contributed by atoms with E-state index in [2.05, 4.69) is 0 Å². The number of hydrogen-bond donors (Lipinski definition) is 2. The molecule has 0 aliphatic rings. The van der Waals surface area contributed by atoms with Crippen molar-refractivity contribution < 1.29 is 58.1 Å². The molecule has 0 aromatic heterocycles. The van der Waals surface area contributed by atoms with Crippen molar-refractivity contribution in [2.45, 2.75) is 0 Å². The van der Waals surface area contributed by atoms with Crippen LogP contribution >= 0.6 is 24.0 Å². The maximum absolute atomic E-state index is 8.74. The van der Waals surface area contributed by atoms with Gasteiger partial charge < -0.3 is 2.85 Å². The van der Waals surface area contributed by atoms with Gasteiger partial charge in [-0.05, 0) is 0 Å². The average molecular weight is 242 g/mol. The van der Waals surface area contributed by atoms with Crippen LogP contribution in [-0.4, -0.2) is 17.5 Å². The summed E-state index contributed by atoms with van der Waals surface area (Å²) in [5.41, 5.74) is 0. The number of hydrogen-bond acceptors (Lipinski definition) is 2. The molecule has 0 saturated heterocycles. The molecular weight excluding hydrogens is 237 g/mol. The van der Waals surface area contributed by atoms with Gasteiger partial charge in [0.2, 0.25) is 0 Å². The molecule has 4 nitrogen and oxygen atoms in total. The maximum Gasteiger partial charge on any atom is 1.00 e. The monoisotopic (exact) mass is 242 g/mol. The van der Waals surface area contributed by atoms with Crippen LogP contribution in [0.15, 0.2) is 0 Å². The Morgan fingerprint density at radius 3 is 1.12 bits per heavy atom. The second kappa shape index (κ2) is 8.79. The quantitative estimate of drug-likeness (QED) is 0.252. The van der Waals surface area contributed by atoms with Crippen molar-refractivity contribution >= 4 is 34.4 Å². The zero-order valence-electron chi connectivity index (χ0n) is 6.53. The van der Waals surface area contributed by atoms with Gasteiger partial charge >= 0.3 is 48.1 Å². The molecule has 0 radical (unpaired) electrons. The molecule has 0 unspecified atom stereocenters. The molecule has 0 aromatic carbocycles. The van der Waals surface area contributed by atoms with Gasteiger partial charge in [0, 0.05) is 0 Å². The first-order valence-corrected chi connectivity index (χ1v) is 2.10. The fourth-order valence-electron chi connectivity index (χ4n) is 0. The van der Waals surface area contributed by atoms with Gasteiger partial charge in [-0.15, -0.1) is 24.0 Å². The van der Waals surface area contributed by atoms with Gasteiger partial charge in [-0.1, -0.05) is 0 Å². The van der Waals surface area contributed by atoms with E-state index in [0.29, 0.717) is 0 Å². The Morgan fingerprint density at radius 2 is 1.12 bits per heavy atom. The first kappa shape index (κ1) is 22.6. The molecule has 0 aliphatic carbocycles. The second-order valence-corrected chi connectivity index (χ2v) is 1.34. The molecule has 0 atom stereocenters. The Balaban J connectivity index is -0.00000000800. The molecule has 0 rings (SSSR count). The third-order valence-electron chi connectivity index (χ3n) is 0. The summed E-state index contributed by atoms with van der Waals surface area (Å²) in [6, 6.07) is 0. The van der Waals surface area contributed by atoms with Crippen molar-refractivity contribution in [3.05, 3.63) is 0 Å². The van der Waals surface area contributed by atoms with Gasteiger partial charge in [0.25, 0.3) is 0 Å². The topological polar surface area (TPSA) is 74.6 Å². The zero-order valence-corrected chi connectivity index (χ0v) is 7.67. The first-order valence-electron chi connectivity index (χ1n) is 0.698. The van der Waals surface area contributed by atoms with Crippen molar-refractivity contribution in [1.29, 1.82) is 0 Å². The van der Waals surface area contributed by atoms with E-state index >= 15 is 0 Å². The van der Waals surface area contributed by atoms with Gasteiger partial charge in [0.1, 0.15) is 0 Å². The molecular formula is H5ILi2O4S. The molecule has 0 saturated carbocycles. The molecule has 0 bridgehead atoms. The van der Waals surface area contributed by atoms with Crippen LogP contribution in [0.25, 0.3) is 0 Å². The number of rotatable bonds is 0. The van der Waals surface area contributed by atoms with Crippen LogP contribution in [0.2, 0.25) is 0 Å². The fourth-order valence-corrected chi connectivity index (χ4v) is 0. The SMILES string of the molecule is I.O=S(=O)(O)O.[H-].[H-].[Li+].[Li+]. The molecule has 2 N–H and O–H groups in total. The molecule has 0 fully saturated rings. The van der Waals surface area contributed by atoms with Gasteiger partial charge in [-0.25, -0.2) is 0 Å². The summed E-state index contributed by atoms with van der Waals surface area (Å²) >= 11 is 0. The molecule has 8 heteroatoms. The second-order valence-electron chi connectivity index (χ2n) is 0.448. The normalized spacial score (nSPS) is 7.25. The van der Waals surface area contributed by atoms with E-state index < -0.39 is 10.4 Å². The van der Waals surface area contributed by atoms with Gasteiger partial charge in [0.05, 0.1) is 0 Å². The summed E-state index contributed by atoms with van der Waals surface area (Å²) in [6.45, 7) is 0. The summed E-state index contributed by atoms with van der Waals surface area (Å²) in [4.78, 5) is 0. The van der Waals surface area contributed by atoms with Crippen LogP contribution in [0.5, 0.6) is 0 Å². The van der Waals surface area contributed by atoms with Crippen LogP contribution in [0.4, 0.5) is 0 Å².